The van der Waals surface area contributed by atoms with Gasteiger partial charge >= 0.3 is 0 Å². The van der Waals surface area contributed by atoms with Crippen molar-refractivity contribution >= 4 is 22.9 Å². The number of pyridine rings is 1. The van der Waals surface area contributed by atoms with Crippen LogP contribution in [0, 0.1) is 5.92 Å². The summed E-state index contributed by atoms with van der Waals surface area (Å²) in [5.41, 5.74) is 4.03. The molecule has 32 heavy (non-hydrogen) atoms. The largest absolute Gasteiger partial charge is 0.508 e. The van der Waals surface area contributed by atoms with E-state index in [2.05, 4.69) is 32.3 Å². The lowest BCUT2D eigenvalue weighted by Gasteiger charge is -2.32. The highest BCUT2D eigenvalue weighted by atomic mass is 16.3. The second-order valence-corrected chi connectivity index (χ2v) is 8.84. The van der Waals surface area contributed by atoms with Gasteiger partial charge in [0.2, 0.25) is 5.95 Å². The molecule has 1 aliphatic heterocycles. The van der Waals surface area contributed by atoms with Crippen LogP contribution in [0.15, 0.2) is 54.3 Å². The molecular formula is C24H29N7O. The molecule has 3 aromatic heterocycles. The van der Waals surface area contributed by atoms with Crippen LogP contribution in [-0.4, -0.2) is 48.7 Å². The Morgan fingerprint density at radius 2 is 1.94 bits per heavy atom. The van der Waals surface area contributed by atoms with Gasteiger partial charge < -0.3 is 19.9 Å². The van der Waals surface area contributed by atoms with Crippen LogP contribution in [-0.2, 0) is 13.5 Å². The van der Waals surface area contributed by atoms with Gasteiger partial charge in [0, 0.05) is 32.5 Å². The van der Waals surface area contributed by atoms with Gasteiger partial charge in [-0.05, 0) is 73.9 Å². The Balaban J connectivity index is 1.34. The number of hydrogen-bond donors (Lipinski definition) is 2. The number of allylic oxidation sites excluding steroid dienone is 1. The van der Waals surface area contributed by atoms with Crippen LogP contribution in [0.2, 0.25) is 0 Å². The summed E-state index contributed by atoms with van der Waals surface area (Å²) in [6, 6.07) is 4.30. The third kappa shape index (κ3) is 4.17. The van der Waals surface area contributed by atoms with Crippen molar-refractivity contribution in [3.05, 3.63) is 59.9 Å². The van der Waals surface area contributed by atoms with Gasteiger partial charge in [0.05, 0.1) is 12.4 Å². The van der Waals surface area contributed by atoms with Gasteiger partial charge in [-0.3, -0.25) is 4.98 Å². The molecule has 0 radical (unpaired) electrons. The molecule has 0 spiro atoms. The van der Waals surface area contributed by atoms with E-state index in [-0.39, 0.29) is 6.04 Å². The topological polar surface area (TPSA) is 92.0 Å². The average Bonchev–Trinajstić information content (AvgIpc) is 3.18. The fourth-order valence-corrected chi connectivity index (χ4v) is 4.63. The molecule has 1 unspecified atom stereocenters. The van der Waals surface area contributed by atoms with Gasteiger partial charge in [-0.1, -0.05) is 0 Å². The number of imidazole rings is 1. The van der Waals surface area contributed by atoms with Crippen molar-refractivity contribution in [2.24, 2.45) is 13.0 Å². The molecule has 0 bridgehead atoms. The van der Waals surface area contributed by atoms with E-state index in [1.54, 1.807) is 12.4 Å². The lowest BCUT2D eigenvalue weighted by atomic mass is 9.90. The number of fused-ring (bicyclic) bond motifs is 1. The van der Waals surface area contributed by atoms with Crippen molar-refractivity contribution in [2.75, 3.05) is 23.3 Å². The smallest absolute Gasteiger partial charge is 0.229 e. The summed E-state index contributed by atoms with van der Waals surface area (Å²) in [5.74, 6) is 2.51. The molecular weight excluding hydrogens is 402 g/mol. The summed E-state index contributed by atoms with van der Waals surface area (Å²) in [6.45, 7) is 3.90. The maximum absolute atomic E-state index is 9.78. The van der Waals surface area contributed by atoms with Crippen LogP contribution in [0.25, 0.3) is 11.2 Å². The number of nitrogens with zero attached hydrogens (tertiary/aromatic N) is 6. The Hall–Kier alpha value is -3.42. The minimum atomic E-state index is 0.0813. The lowest BCUT2D eigenvalue weighted by molar-refractivity contribution is 0.400. The molecule has 2 aliphatic rings. The summed E-state index contributed by atoms with van der Waals surface area (Å²) >= 11 is 0. The highest BCUT2D eigenvalue weighted by molar-refractivity contribution is 5.85. The highest BCUT2D eigenvalue weighted by Crippen LogP contribution is 2.29. The third-order valence-electron chi connectivity index (χ3n) is 6.53. The number of rotatable bonds is 5. The molecule has 3 aromatic rings. The Morgan fingerprint density at radius 1 is 1.16 bits per heavy atom. The first-order chi connectivity index (χ1) is 15.6. The number of aliphatic hydroxyl groups excluding tert-OH is 1. The standard InChI is InChI=1S/C24H29N7O/c1-16-13-19(32)3-4-20(16)27-23-21-22(26-15-30(21)2)28-24(29-23)31-11-7-18(8-12-31)14-17-5-9-25-10-6-17/h3,5-6,9-10,13,15,18,20,32H,4,7-8,11-12,14H2,1-2H3,(H,27,28,29). The van der Waals surface area contributed by atoms with Crippen LogP contribution >= 0.6 is 0 Å². The van der Waals surface area contributed by atoms with E-state index in [1.807, 2.05) is 37.0 Å². The predicted octanol–water partition coefficient (Wildman–Crippen LogP) is 3.79. The molecule has 0 aromatic carbocycles. The minimum Gasteiger partial charge on any atom is -0.508 e. The van der Waals surface area contributed by atoms with Crippen molar-refractivity contribution in [1.29, 1.82) is 0 Å². The normalized spacial score (nSPS) is 19.7. The summed E-state index contributed by atoms with van der Waals surface area (Å²) < 4.78 is 1.96. The predicted molar refractivity (Wildman–Crippen MR) is 126 cm³/mol. The first kappa shape index (κ1) is 20.5. The van der Waals surface area contributed by atoms with Crippen LogP contribution in [0.3, 0.4) is 0 Å². The molecule has 2 N–H and O–H groups in total. The van der Waals surface area contributed by atoms with Gasteiger partial charge in [0.25, 0.3) is 0 Å². The Morgan fingerprint density at radius 3 is 2.69 bits per heavy atom. The van der Waals surface area contributed by atoms with E-state index < -0.39 is 0 Å². The number of aliphatic hydroxyl groups is 1. The number of aryl methyl sites for hydroxylation is 1. The number of nitrogens with one attached hydrogen (secondary N) is 1. The molecule has 1 saturated heterocycles. The zero-order valence-corrected chi connectivity index (χ0v) is 18.6. The molecule has 1 aliphatic carbocycles. The Kier molecular flexibility index (Phi) is 5.51. The quantitative estimate of drug-likeness (QED) is 0.635. The first-order valence-electron chi connectivity index (χ1n) is 11.2. The monoisotopic (exact) mass is 431 g/mol. The first-order valence-corrected chi connectivity index (χ1v) is 11.2. The van der Waals surface area contributed by atoms with Crippen molar-refractivity contribution in [3.63, 3.8) is 0 Å². The second-order valence-electron chi connectivity index (χ2n) is 8.84. The van der Waals surface area contributed by atoms with Gasteiger partial charge in [-0.25, -0.2) is 4.98 Å². The maximum atomic E-state index is 9.78. The summed E-state index contributed by atoms with van der Waals surface area (Å²) in [4.78, 5) is 20.6. The van der Waals surface area contributed by atoms with Gasteiger partial charge in [-0.15, -0.1) is 0 Å². The van der Waals surface area contributed by atoms with E-state index in [0.717, 1.165) is 55.2 Å². The summed E-state index contributed by atoms with van der Waals surface area (Å²) in [6.07, 6.45) is 13.2. The fourth-order valence-electron chi connectivity index (χ4n) is 4.63. The Bertz CT molecular complexity index is 1160. The van der Waals surface area contributed by atoms with Crippen molar-refractivity contribution in [3.8, 4) is 0 Å². The molecule has 8 heteroatoms. The number of aromatic nitrogens is 5. The summed E-state index contributed by atoms with van der Waals surface area (Å²) in [7, 11) is 1.96. The van der Waals surface area contributed by atoms with E-state index >= 15 is 0 Å². The van der Waals surface area contributed by atoms with Crippen molar-refractivity contribution in [1.82, 2.24) is 24.5 Å². The van der Waals surface area contributed by atoms with Gasteiger partial charge in [0.15, 0.2) is 11.5 Å². The second kappa shape index (κ2) is 8.61. The van der Waals surface area contributed by atoms with E-state index in [0.29, 0.717) is 23.7 Å². The van der Waals surface area contributed by atoms with Gasteiger partial charge in [0.1, 0.15) is 11.3 Å². The van der Waals surface area contributed by atoms with Crippen LogP contribution in [0.1, 0.15) is 31.7 Å². The number of anilines is 2. The molecule has 0 amide bonds. The molecule has 0 saturated carbocycles. The fraction of sp³-hybridized carbons (Fsp3) is 0.417. The van der Waals surface area contributed by atoms with E-state index in [9.17, 15) is 5.11 Å². The SMILES string of the molecule is CC1=CC(O)=CCC1Nc1nc(N2CCC(Cc3ccncc3)CC2)nc2ncn(C)c12. The molecule has 8 nitrogen and oxygen atoms in total. The van der Waals surface area contributed by atoms with E-state index in [4.69, 9.17) is 9.97 Å². The van der Waals surface area contributed by atoms with Crippen LogP contribution in [0.5, 0.6) is 0 Å². The zero-order valence-electron chi connectivity index (χ0n) is 18.6. The highest BCUT2D eigenvalue weighted by Gasteiger charge is 2.24. The lowest BCUT2D eigenvalue weighted by Crippen LogP contribution is -2.35. The maximum Gasteiger partial charge on any atom is 0.229 e. The van der Waals surface area contributed by atoms with Gasteiger partial charge in [-0.2, -0.15) is 9.97 Å². The third-order valence-corrected chi connectivity index (χ3v) is 6.53. The van der Waals surface area contributed by atoms with E-state index in [1.165, 1.54) is 5.56 Å². The van der Waals surface area contributed by atoms with Crippen molar-refractivity contribution in [2.45, 2.75) is 38.6 Å². The molecule has 1 fully saturated rings. The van der Waals surface area contributed by atoms with Crippen LogP contribution < -0.4 is 10.2 Å². The molecule has 1 atom stereocenters. The Labute approximate surface area is 187 Å². The molecule has 5 rings (SSSR count). The minimum absolute atomic E-state index is 0.0813. The molecule has 166 valence electrons. The summed E-state index contributed by atoms with van der Waals surface area (Å²) in [5, 5.41) is 13.4. The average molecular weight is 432 g/mol. The van der Waals surface area contributed by atoms with Crippen molar-refractivity contribution < 1.29 is 5.11 Å². The van der Waals surface area contributed by atoms with Crippen LogP contribution in [0.4, 0.5) is 11.8 Å². The molecule has 4 heterocycles. The number of piperidine rings is 1. The zero-order chi connectivity index (χ0) is 22.1. The number of hydrogen-bond acceptors (Lipinski definition) is 7.